The number of aromatic nitrogens is 3. The van der Waals surface area contributed by atoms with Crippen LogP contribution in [0.5, 0.6) is 0 Å². The van der Waals surface area contributed by atoms with Gasteiger partial charge in [0.15, 0.2) is 0 Å². The highest BCUT2D eigenvalue weighted by atomic mass is 16.3. The Balaban J connectivity index is 2.24. The van der Waals surface area contributed by atoms with Gasteiger partial charge in [0.05, 0.1) is 6.61 Å². The molecule has 0 spiro atoms. The number of aliphatic hydroxyl groups is 1. The van der Waals surface area contributed by atoms with Gasteiger partial charge in [-0.2, -0.15) is 0 Å². The Morgan fingerprint density at radius 3 is 2.60 bits per heavy atom. The van der Waals surface area contributed by atoms with Crippen molar-refractivity contribution < 1.29 is 5.11 Å². The summed E-state index contributed by atoms with van der Waals surface area (Å²) in [6, 6.07) is 0. The van der Waals surface area contributed by atoms with Crippen LogP contribution in [0.3, 0.4) is 0 Å². The standard InChI is InChI=1S/C12H21N5O3/c1-14-11(19)10(13-15(2)12(14)20)17-5-3-4-16(6-7-17)8-9-18/h18H,3-9H2,1-2H3. The summed E-state index contributed by atoms with van der Waals surface area (Å²) in [4.78, 5) is 27.9. The molecule has 0 saturated carbocycles. The van der Waals surface area contributed by atoms with E-state index in [9.17, 15) is 9.59 Å². The van der Waals surface area contributed by atoms with Gasteiger partial charge < -0.3 is 10.0 Å². The van der Waals surface area contributed by atoms with Crippen molar-refractivity contribution >= 4 is 5.82 Å². The summed E-state index contributed by atoms with van der Waals surface area (Å²) in [6.45, 7) is 3.84. The molecule has 1 fully saturated rings. The summed E-state index contributed by atoms with van der Waals surface area (Å²) >= 11 is 0. The molecule has 0 aliphatic carbocycles. The zero-order chi connectivity index (χ0) is 14.7. The largest absolute Gasteiger partial charge is 0.395 e. The number of hydrogen-bond donors (Lipinski definition) is 1. The first kappa shape index (κ1) is 14.7. The second kappa shape index (κ2) is 6.19. The predicted molar refractivity (Wildman–Crippen MR) is 75.1 cm³/mol. The number of aliphatic hydroxyl groups excluding tert-OH is 1. The van der Waals surface area contributed by atoms with Crippen molar-refractivity contribution in [1.82, 2.24) is 19.2 Å². The van der Waals surface area contributed by atoms with Gasteiger partial charge in [0.1, 0.15) is 0 Å². The first-order valence-corrected chi connectivity index (χ1v) is 6.77. The van der Waals surface area contributed by atoms with Crippen LogP contribution in [0.25, 0.3) is 0 Å². The van der Waals surface area contributed by atoms with Crippen molar-refractivity contribution in [1.29, 1.82) is 0 Å². The summed E-state index contributed by atoms with van der Waals surface area (Å²) in [6.07, 6.45) is 0.897. The van der Waals surface area contributed by atoms with Gasteiger partial charge in [0.2, 0.25) is 5.82 Å². The third kappa shape index (κ3) is 2.91. The van der Waals surface area contributed by atoms with Crippen LogP contribution in [-0.4, -0.2) is 63.7 Å². The molecule has 1 saturated heterocycles. The molecule has 1 aliphatic heterocycles. The molecule has 20 heavy (non-hydrogen) atoms. The lowest BCUT2D eigenvalue weighted by atomic mass is 10.4. The molecule has 1 aliphatic rings. The van der Waals surface area contributed by atoms with Crippen LogP contribution >= 0.6 is 0 Å². The summed E-state index contributed by atoms with van der Waals surface area (Å²) in [5.41, 5.74) is -0.779. The average Bonchev–Trinajstić information content (AvgIpc) is 2.67. The molecular weight excluding hydrogens is 262 g/mol. The summed E-state index contributed by atoms with van der Waals surface area (Å²) < 4.78 is 2.27. The van der Waals surface area contributed by atoms with Gasteiger partial charge in [-0.3, -0.25) is 14.3 Å². The second-order valence-corrected chi connectivity index (χ2v) is 5.00. The molecule has 0 radical (unpaired) electrons. The number of β-amino-alcohol motifs (C(OH)–C–C–N with tert-alkyl or cyclic N) is 1. The Labute approximate surface area is 116 Å². The van der Waals surface area contributed by atoms with Gasteiger partial charge in [0.25, 0.3) is 5.56 Å². The molecule has 112 valence electrons. The molecule has 2 rings (SSSR count). The zero-order valence-corrected chi connectivity index (χ0v) is 11.9. The molecule has 1 aromatic heterocycles. The van der Waals surface area contributed by atoms with Gasteiger partial charge in [-0.05, 0) is 13.0 Å². The number of anilines is 1. The van der Waals surface area contributed by atoms with Crippen molar-refractivity contribution in [3.05, 3.63) is 20.8 Å². The third-order valence-corrected chi connectivity index (χ3v) is 3.61. The Bertz CT molecular complexity index is 579. The number of aryl methyl sites for hydroxylation is 1. The topological polar surface area (TPSA) is 83.6 Å². The van der Waals surface area contributed by atoms with E-state index in [2.05, 4.69) is 10.00 Å². The van der Waals surface area contributed by atoms with Crippen molar-refractivity contribution in [2.45, 2.75) is 6.42 Å². The Hall–Kier alpha value is -1.67. The van der Waals surface area contributed by atoms with Crippen molar-refractivity contribution in [3.63, 3.8) is 0 Å². The molecule has 8 nitrogen and oxygen atoms in total. The predicted octanol–water partition coefficient (Wildman–Crippen LogP) is -2.02. The van der Waals surface area contributed by atoms with E-state index in [1.54, 1.807) is 7.05 Å². The maximum absolute atomic E-state index is 12.2. The summed E-state index contributed by atoms with van der Waals surface area (Å²) in [5, 5.41) is 13.1. The first-order chi connectivity index (χ1) is 9.54. The van der Waals surface area contributed by atoms with Crippen LogP contribution in [0.2, 0.25) is 0 Å². The van der Waals surface area contributed by atoms with Crippen LogP contribution in [0.1, 0.15) is 6.42 Å². The first-order valence-electron chi connectivity index (χ1n) is 6.77. The van der Waals surface area contributed by atoms with Gasteiger partial charge in [0, 0.05) is 40.3 Å². The van der Waals surface area contributed by atoms with Gasteiger partial charge >= 0.3 is 5.69 Å². The molecule has 1 aromatic rings. The van der Waals surface area contributed by atoms with Gasteiger partial charge in [-0.1, -0.05) is 0 Å². The Morgan fingerprint density at radius 2 is 1.90 bits per heavy atom. The van der Waals surface area contributed by atoms with E-state index in [-0.39, 0.29) is 12.2 Å². The highest BCUT2D eigenvalue weighted by Gasteiger charge is 2.20. The van der Waals surface area contributed by atoms with Gasteiger partial charge in [-0.25, -0.2) is 9.48 Å². The van der Waals surface area contributed by atoms with E-state index in [1.165, 1.54) is 11.7 Å². The minimum Gasteiger partial charge on any atom is -0.395 e. The molecule has 0 aromatic carbocycles. The van der Waals surface area contributed by atoms with E-state index in [0.717, 1.165) is 30.6 Å². The quantitative estimate of drug-likeness (QED) is 0.690. The normalized spacial score (nSPS) is 17.2. The Morgan fingerprint density at radius 1 is 1.15 bits per heavy atom. The fraction of sp³-hybridized carbons (Fsp3) is 0.750. The van der Waals surface area contributed by atoms with Crippen molar-refractivity contribution in [3.8, 4) is 0 Å². The van der Waals surface area contributed by atoms with Crippen LogP contribution in [0.15, 0.2) is 9.59 Å². The maximum Gasteiger partial charge on any atom is 0.346 e. The van der Waals surface area contributed by atoms with E-state index >= 15 is 0 Å². The van der Waals surface area contributed by atoms with E-state index in [4.69, 9.17) is 5.11 Å². The molecule has 1 N–H and O–H groups in total. The summed E-state index contributed by atoms with van der Waals surface area (Å²) in [7, 11) is 3.01. The lowest BCUT2D eigenvalue weighted by molar-refractivity contribution is 0.204. The zero-order valence-electron chi connectivity index (χ0n) is 11.9. The van der Waals surface area contributed by atoms with E-state index in [0.29, 0.717) is 18.9 Å². The molecular formula is C12H21N5O3. The van der Waals surface area contributed by atoms with Crippen LogP contribution in [0, 0.1) is 0 Å². The third-order valence-electron chi connectivity index (χ3n) is 3.61. The molecule has 8 heteroatoms. The monoisotopic (exact) mass is 283 g/mol. The highest BCUT2D eigenvalue weighted by molar-refractivity contribution is 5.34. The van der Waals surface area contributed by atoms with Crippen LogP contribution in [-0.2, 0) is 14.1 Å². The van der Waals surface area contributed by atoms with E-state index in [1.807, 2.05) is 4.90 Å². The highest BCUT2D eigenvalue weighted by Crippen LogP contribution is 2.08. The lowest BCUT2D eigenvalue weighted by Gasteiger charge is -2.22. The average molecular weight is 283 g/mol. The lowest BCUT2D eigenvalue weighted by Crippen LogP contribution is -2.44. The van der Waals surface area contributed by atoms with Crippen molar-refractivity contribution in [2.75, 3.05) is 44.2 Å². The maximum atomic E-state index is 12.2. The molecule has 0 unspecified atom stereocenters. The smallest absolute Gasteiger partial charge is 0.346 e. The SMILES string of the molecule is Cn1nc(N2CCCN(CCO)CC2)c(=O)n(C)c1=O. The molecule has 2 heterocycles. The Kier molecular flexibility index (Phi) is 4.56. The minimum absolute atomic E-state index is 0.139. The van der Waals surface area contributed by atoms with Crippen LogP contribution < -0.4 is 16.1 Å². The van der Waals surface area contributed by atoms with Crippen molar-refractivity contribution in [2.24, 2.45) is 14.1 Å². The van der Waals surface area contributed by atoms with E-state index < -0.39 is 5.69 Å². The number of rotatable bonds is 3. The molecule has 0 bridgehead atoms. The summed E-state index contributed by atoms with van der Waals surface area (Å²) in [5.74, 6) is 0.320. The molecule has 0 amide bonds. The van der Waals surface area contributed by atoms with Gasteiger partial charge in [-0.15, -0.1) is 5.10 Å². The van der Waals surface area contributed by atoms with Crippen LogP contribution in [0.4, 0.5) is 5.82 Å². The number of hydrogen-bond acceptors (Lipinski definition) is 6. The fourth-order valence-corrected chi connectivity index (χ4v) is 2.43. The number of nitrogens with zero attached hydrogens (tertiary/aromatic N) is 5. The molecule has 0 atom stereocenters. The fourth-order valence-electron chi connectivity index (χ4n) is 2.43. The minimum atomic E-state index is -0.421. The second-order valence-electron chi connectivity index (χ2n) is 5.00.